The van der Waals surface area contributed by atoms with E-state index in [4.69, 9.17) is 16.9 Å². The summed E-state index contributed by atoms with van der Waals surface area (Å²) in [7, 11) is -2.64. The highest BCUT2D eigenvalue weighted by molar-refractivity contribution is 7.89. The molecular weight excluding hydrogens is 414 g/mol. The second-order valence-corrected chi connectivity index (χ2v) is 8.85. The quantitative estimate of drug-likeness (QED) is 0.688. The third-order valence-electron chi connectivity index (χ3n) is 4.79. The molecule has 0 atom stereocenters. The van der Waals surface area contributed by atoms with Crippen molar-refractivity contribution in [3.8, 4) is 6.07 Å². The second-order valence-electron chi connectivity index (χ2n) is 6.54. The third-order valence-corrected chi connectivity index (χ3v) is 7.17. The number of anilines is 1. The molecule has 0 amide bonds. The SMILES string of the molecule is COC(=O)c1ccc(Cl)c(S(=O)(=O)N2CCCN(c3ccc(C#N)cc3)CC2)c1. The Hall–Kier alpha value is -2.60. The van der Waals surface area contributed by atoms with Crippen LogP contribution in [0.25, 0.3) is 0 Å². The first-order chi connectivity index (χ1) is 13.9. The van der Waals surface area contributed by atoms with Gasteiger partial charge in [-0.25, -0.2) is 13.2 Å². The monoisotopic (exact) mass is 433 g/mol. The van der Waals surface area contributed by atoms with E-state index in [2.05, 4.69) is 15.7 Å². The van der Waals surface area contributed by atoms with Gasteiger partial charge in [0.2, 0.25) is 10.0 Å². The molecular formula is C20H20ClN3O4S. The van der Waals surface area contributed by atoms with Gasteiger partial charge in [-0.1, -0.05) is 11.6 Å². The van der Waals surface area contributed by atoms with Crippen LogP contribution in [0.3, 0.4) is 0 Å². The highest BCUT2D eigenvalue weighted by atomic mass is 35.5. The molecule has 0 saturated carbocycles. The zero-order chi connectivity index (χ0) is 21.0. The number of hydrogen-bond donors (Lipinski definition) is 0. The first-order valence-electron chi connectivity index (χ1n) is 9.00. The summed E-state index contributed by atoms with van der Waals surface area (Å²) in [6.07, 6.45) is 0.632. The molecule has 1 fully saturated rings. The molecule has 1 aliphatic heterocycles. The number of hydrogen-bond acceptors (Lipinski definition) is 6. The summed E-state index contributed by atoms with van der Waals surface area (Å²) in [4.78, 5) is 13.8. The van der Waals surface area contributed by atoms with Crippen LogP contribution in [0.2, 0.25) is 5.02 Å². The molecule has 0 aromatic heterocycles. The summed E-state index contributed by atoms with van der Waals surface area (Å²) in [5.41, 5.74) is 1.64. The van der Waals surface area contributed by atoms with Crippen molar-refractivity contribution in [1.29, 1.82) is 5.26 Å². The van der Waals surface area contributed by atoms with Crippen LogP contribution in [0.5, 0.6) is 0 Å². The van der Waals surface area contributed by atoms with Crippen molar-refractivity contribution in [2.24, 2.45) is 0 Å². The Morgan fingerprint density at radius 2 is 1.83 bits per heavy atom. The minimum absolute atomic E-state index is 0.0610. The molecule has 0 radical (unpaired) electrons. The van der Waals surface area contributed by atoms with Crippen LogP contribution in [0.1, 0.15) is 22.3 Å². The number of sulfonamides is 1. The molecule has 1 saturated heterocycles. The van der Waals surface area contributed by atoms with Crippen molar-refractivity contribution in [3.63, 3.8) is 0 Å². The maximum atomic E-state index is 13.2. The molecule has 0 spiro atoms. The summed E-state index contributed by atoms with van der Waals surface area (Å²) in [5.74, 6) is -0.624. The topological polar surface area (TPSA) is 90.7 Å². The first-order valence-corrected chi connectivity index (χ1v) is 10.8. The summed E-state index contributed by atoms with van der Waals surface area (Å²) < 4.78 is 32.4. The summed E-state index contributed by atoms with van der Waals surface area (Å²) in [6, 6.07) is 13.4. The predicted molar refractivity (Wildman–Crippen MR) is 110 cm³/mol. The summed E-state index contributed by atoms with van der Waals surface area (Å²) in [6.45, 7) is 1.81. The largest absolute Gasteiger partial charge is 0.465 e. The Balaban J connectivity index is 1.82. The summed E-state index contributed by atoms with van der Waals surface area (Å²) >= 11 is 6.15. The van der Waals surface area contributed by atoms with Gasteiger partial charge in [0.1, 0.15) is 4.90 Å². The number of carbonyl (C=O) groups excluding carboxylic acids is 1. The van der Waals surface area contributed by atoms with E-state index in [-0.39, 0.29) is 22.0 Å². The van der Waals surface area contributed by atoms with Crippen molar-refractivity contribution in [2.45, 2.75) is 11.3 Å². The fourth-order valence-corrected chi connectivity index (χ4v) is 5.19. The van der Waals surface area contributed by atoms with E-state index in [9.17, 15) is 13.2 Å². The molecule has 3 rings (SSSR count). The van der Waals surface area contributed by atoms with Crippen molar-refractivity contribution in [2.75, 3.05) is 38.2 Å². The lowest BCUT2D eigenvalue weighted by Gasteiger charge is -2.24. The van der Waals surface area contributed by atoms with E-state index in [0.29, 0.717) is 31.6 Å². The predicted octanol–water partition coefficient (Wildman–Crippen LogP) is 2.90. The minimum Gasteiger partial charge on any atom is -0.465 e. The number of ether oxygens (including phenoxy) is 1. The van der Waals surface area contributed by atoms with Gasteiger partial charge in [0.25, 0.3) is 0 Å². The van der Waals surface area contributed by atoms with Gasteiger partial charge in [0.05, 0.1) is 29.3 Å². The number of nitriles is 1. The standard InChI is InChI=1S/C20H20ClN3O4S/c1-28-20(25)16-5-8-18(21)19(13-16)29(26,27)24-10-2-9-23(11-12-24)17-6-3-15(14-22)4-7-17/h3-8,13H,2,9-12H2,1H3. The Kier molecular flexibility index (Phi) is 6.42. The Morgan fingerprint density at radius 1 is 1.10 bits per heavy atom. The fourth-order valence-electron chi connectivity index (χ4n) is 3.22. The van der Waals surface area contributed by atoms with E-state index in [1.54, 1.807) is 12.1 Å². The molecule has 0 N–H and O–H groups in total. The van der Waals surface area contributed by atoms with E-state index >= 15 is 0 Å². The number of carbonyl (C=O) groups is 1. The molecule has 7 nitrogen and oxygen atoms in total. The number of rotatable bonds is 4. The molecule has 0 aliphatic carbocycles. The third kappa shape index (κ3) is 4.53. The van der Waals surface area contributed by atoms with Crippen LogP contribution >= 0.6 is 11.6 Å². The van der Waals surface area contributed by atoms with Gasteiger partial charge in [-0.2, -0.15) is 9.57 Å². The van der Waals surface area contributed by atoms with Crippen LogP contribution in [-0.4, -0.2) is 52.0 Å². The van der Waals surface area contributed by atoms with E-state index < -0.39 is 16.0 Å². The van der Waals surface area contributed by atoms with E-state index in [0.717, 1.165) is 5.69 Å². The smallest absolute Gasteiger partial charge is 0.337 e. The fraction of sp³-hybridized carbons (Fsp3) is 0.300. The Bertz CT molecular complexity index is 1050. The molecule has 9 heteroatoms. The second kappa shape index (κ2) is 8.82. The van der Waals surface area contributed by atoms with Crippen molar-refractivity contribution < 1.29 is 17.9 Å². The normalized spacial score (nSPS) is 15.4. The van der Waals surface area contributed by atoms with Gasteiger partial charge in [-0.3, -0.25) is 0 Å². The van der Waals surface area contributed by atoms with Gasteiger partial charge >= 0.3 is 5.97 Å². The van der Waals surface area contributed by atoms with Crippen LogP contribution in [0, 0.1) is 11.3 Å². The number of methoxy groups -OCH3 is 1. The van der Waals surface area contributed by atoms with Crippen LogP contribution < -0.4 is 4.90 Å². The molecule has 1 aliphatic rings. The maximum absolute atomic E-state index is 13.2. The lowest BCUT2D eigenvalue weighted by molar-refractivity contribution is 0.0600. The molecule has 0 unspecified atom stereocenters. The maximum Gasteiger partial charge on any atom is 0.337 e. The molecule has 152 valence electrons. The molecule has 0 bridgehead atoms. The van der Waals surface area contributed by atoms with Gasteiger partial charge < -0.3 is 9.64 Å². The average Bonchev–Trinajstić information content (AvgIpc) is 3.00. The number of halogens is 1. The molecule has 29 heavy (non-hydrogen) atoms. The minimum atomic E-state index is -3.87. The molecule has 2 aromatic carbocycles. The van der Waals surface area contributed by atoms with E-state index in [1.165, 1.54) is 29.6 Å². The Morgan fingerprint density at radius 3 is 2.48 bits per heavy atom. The van der Waals surface area contributed by atoms with Crippen molar-refractivity contribution in [3.05, 3.63) is 58.6 Å². The highest BCUT2D eigenvalue weighted by Gasteiger charge is 2.29. The lowest BCUT2D eigenvalue weighted by Crippen LogP contribution is -2.35. The first kappa shape index (κ1) is 21.1. The lowest BCUT2D eigenvalue weighted by atomic mass is 10.2. The van der Waals surface area contributed by atoms with Crippen molar-refractivity contribution >= 4 is 33.3 Å². The molecule has 2 aromatic rings. The number of esters is 1. The number of benzene rings is 2. The van der Waals surface area contributed by atoms with E-state index in [1.807, 2.05) is 12.1 Å². The van der Waals surface area contributed by atoms with Crippen molar-refractivity contribution in [1.82, 2.24) is 4.31 Å². The zero-order valence-corrected chi connectivity index (χ0v) is 17.4. The van der Waals surface area contributed by atoms with Crippen LogP contribution in [0.4, 0.5) is 5.69 Å². The number of nitrogens with zero attached hydrogens (tertiary/aromatic N) is 3. The average molecular weight is 434 g/mol. The summed E-state index contributed by atoms with van der Waals surface area (Å²) in [5, 5.41) is 8.99. The zero-order valence-electron chi connectivity index (χ0n) is 15.8. The van der Waals surface area contributed by atoms with Crippen LogP contribution in [-0.2, 0) is 14.8 Å². The van der Waals surface area contributed by atoms with Gasteiger partial charge in [-0.15, -0.1) is 0 Å². The van der Waals surface area contributed by atoms with Gasteiger partial charge in [0.15, 0.2) is 0 Å². The van der Waals surface area contributed by atoms with Gasteiger partial charge in [0, 0.05) is 31.9 Å². The highest BCUT2D eigenvalue weighted by Crippen LogP contribution is 2.27. The Labute approximate surface area is 175 Å². The van der Waals surface area contributed by atoms with Crippen LogP contribution in [0.15, 0.2) is 47.4 Å². The van der Waals surface area contributed by atoms with Gasteiger partial charge in [-0.05, 0) is 48.9 Å². The molecule has 1 heterocycles.